The lowest BCUT2D eigenvalue weighted by Gasteiger charge is -2.38. The SMILES string of the molecule is CCC(N)Cc1ccccc1N1CCC(C)C(C)C1. The number of nitrogens with zero attached hydrogens (tertiary/aromatic N) is 1. The maximum Gasteiger partial charge on any atom is 0.0399 e. The van der Waals surface area contributed by atoms with Crippen molar-refractivity contribution in [1.82, 2.24) is 0 Å². The van der Waals surface area contributed by atoms with Crippen LogP contribution in [-0.2, 0) is 6.42 Å². The predicted molar refractivity (Wildman–Crippen MR) is 83.6 cm³/mol. The molecule has 1 saturated heterocycles. The normalized spacial score (nSPS) is 25.4. The minimum Gasteiger partial charge on any atom is -0.371 e. The third-order valence-electron chi connectivity index (χ3n) is 4.67. The van der Waals surface area contributed by atoms with Crippen LogP contribution in [0.3, 0.4) is 0 Å². The summed E-state index contributed by atoms with van der Waals surface area (Å²) in [4.78, 5) is 2.56. The van der Waals surface area contributed by atoms with Crippen LogP contribution in [0.25, 0.3) is 0 Å². The molecule has 0 amide bonds. The fourth-order valence-electron chi connectivity index (χ4n) is 2.90. The zero-order chi connectivity index (χ0) is 13.8. The van der Waals surface area contributed by atoms with E-state index in [1.165, 1.54) is 30.8 Å². The Bertz CT molecular complexity index is 402. The van der Waals surface area contributed by atoms with Gasteiger partial charge in [-0.3, -0.25) is 0 Å². The number of benzene rings is 1. The highest BCUT2D eigenvalue weighted by Crippen LogP contribution is 2.29. The van der Waals surface area contributed by atoms with Gasteiger partial charge >= 0.3 is 0 Å². The minimum atomic E-state index is 0.280. The third-order valence-corrected chi connectivity index (χ3v) is 4.67. The van der Waals surface area contributed by atoms with Gasteiger partial charge in [0.15, 0.2) is 0 Å². The molecule has 2 rings (SSSR count). The smallest absolute Gasteiger partial charge is 0.0399 e. The number of para-hydroxylation sites is 1. The number of anilines is 1. The number of piperidine rings is 1. The Hall–Kier alpha value is -1.02. The molecule has 0 bridgehead atoms. The summed E-state index contributed by atoms with van der Waals surface area (Å²) in [7, 11) is 0. The zero-order valence-corrected chi connectivity index (χ0v) is 12.6. The summed E-state index contributed by atoms with van der Waals surface area (Å²) < 4.78 is 0. The van der Waals surface area contributed by atoms with E-state index in [1.54, 1.807) is 0 Å². The second kappa shape index (κ2) is 6.42. The maximum absolute atomic E-state index is 6.13. The van der Waals surface area contributed by atoms with E-state index >= 15 is 0 Å². The molecule has 2 nitrogen and oxygen atoms in total. The van der Waals surface area contributed by atoms with Gasteiger partial charge in [-0.2, -0.15) is 0 Å². The molecule has 1 aliphatic heterocycles. The minimum absolute atomic E-state index is 0.280. The van der Waals surface area contributed by atoms with E-state index in [0.29, 0.717) is 0 Å². The second-order valence-corrected chi connectivity index (χ2v) is 6.19. The number of hydrogen-bond donors (Lipinski definition) is 1. The Balaban J connectivity index is 2.15. The Morgan fingerprint density at radius 3 is 2.68 bits per heavy atom. The lowest BCUT2D eigenvalue weighted by molar-refractivity contribution is 0.323. The average molecular weight is 260 g/mol. The zero-order valence-electron chi connectivity index (χ0n) is 12.6. The molecule has 1 fully saturated rings. The van der Waals surface area contributed by atoms with E-state index < -0.39 is 0 Å². The molecular weight excluding hydrogens is 232 g/mol. The first kappa shape index (κ1) is 14.4. The van der Waals surface area contributed by atoms with Crippen LogP contribution >= 0.6 is 0 Å². The van der Waals surface area contributed by atoms with Crippen LogP contribution in [0.2, 0.25) is 0 Å². The fourth-order valence-corrected chi connectivity index (χ4v) is 2.90. The Morgan fingerprint density at radius 1 is 1.26 bits per heavy atom. The third kappa shape index (κ3) is 3.50. The van der Waals surface area contributed by atoms with Crippen molar-refractivity contribution in [2.45, 2.75) is 46.1 Å². The molecule has 0 spiro atoms. The van der Waals surface area contributed by atoms with Crippen molar-refractivity contribution in [2.24, 2.45) is 17.6 Å². The molecule has 1 aromatic carbocycles. The first-order valence-corrected chi connectivity index (χ1v) is 7.70. The summed E-state index contributed by atoms with van der Waals surface area (Å²) in [5.41, 5.74) is 8.96. The van der Waals surface area contributed by atoms with Crippen molar-refractivity contribution in [3.63, 3.8) is 0 Å². The average Bonchev–Trinajstić information content (AvgIpc) is 2.42. The number of nitrogens with two attached hydrogens (primary N) is 1. The van der Waals surface area contributed by atoms with Crippen molar-refractivity contribution >= 4 is 5.69 Å². The van der Waals surface area contributed by atoms with Crippen molar-refractivity contribution < 1.29 is 0 Å². The van der Waals surface area contributed by atoms with Crippen LogP contribution in [0.1, 0.15) is 39.2 Å². The van der Waals surface area contributed by atoms with Gasteiger partial charge in [-0.25, -0.2) is 0 Å². The molecule has 3 unspecified atom stereocenters. The van der Waals surface area contributed by atoms with Crippen molar-refractivity contribution in [1.29, 1.82) is 0 Å². The first-order chi connectivity index (χ1) is 9.11. The van der Waals surface area contributed by atoms with Gasteiger partial charge in [0.2, 0.25) is 0 Å². The first-order valence-electron chi connectivity index (χ1n) is 7.70. The van der Waals surface area contributed by atoms with Crippen molar-refractivity contribution in [3.05, 3.63) is 29.8 Å². The van der Waals surface area contributed by atoms with Gasteiger partial charge in [0.25, 0.3) is 0 Å². The largest absolute Gasteiger partial charge is 0.371 e. The van der Waals surface area contributed by atoms with Gasteiger partial charge in [-0.15, -0.1) is 0 Å². The topological polar surface area (TPSA) is 29.3 Å². The highest BCUT2D eigenvalue weighted by atomic mass is 15.1. The van der Waals surface area contributed by atoms with Crippen LogP contribution in [0.4, 0.5) is 5.69 Å². The summed E-state index contributed by atoms with van der Waals surface area (Å²) in [6, 6.07) is 9.08. The van der Waals surface area contributed by atoms with Crippen molar-refractivity contribution in [3.8, 4) is 0 Å². The maximum atomic E-state index is 6.13. The number of rotatable bonds is 4. The fraction of sp³-hybridized carbons (Fsp3) is 0.647. The molecule has 106 valence electrons. The second-order valence-electron chi connectivity index (χ2n) is 6.19. The van der Waals surface area contributed by atoms with E-state index in [-0.39, 0.29) is 6.04 Å². The van der Waals surface area contributed by atoms with Gasteiger partial charge in [0.1, 0.15) is 0 Å². The molecule has 0 radical (unpaired) electrons. The quantitative estimate of drug-likeness (QED) is 0.898. The number of hydrogen-bond acceptors (Lipinski definition) is 2. The van der Waals surface area contributed by atoms with Crippen LogP contribution in [0, 0.1) is 11.8 Å². The van der Waals surface area contributed by atoms with Gasteiger partial charge in [0.05, 0.1) is 0 Å². The van der Waals surface area contributed by atoms with E-state index in [0.717, 1.165) is 24.7 Å². The van der Waals surface area contributed by atoms with Crippen LogP contribution < -0.4 is 10.6 Å². The molecule has 19 heavy (non-hydrogen) atoms. The lowest BCUT2D eigenvalue weighted by Crippen LogP contribution is -2.39. The summed E-state index contributed by atoms with van der Waals surface area (Å²) in [6.07, 6.45) is 3.34. The monoisotopic (exact) mass is 260 g/mol. The summed E-state index contributed by atoms with van der Waals surface area (Å²) in [6.45, 7) is 9.28. The van der Waals surface area contributed by atoms with Gasteiger partial charge in [0, 0.05) is 24.8 Å². The molecule has 0 aromatic heterocycles. The molecule has 0 saturated carbocycles. The van der Waals surface area contributed by atoms with E-state index in [1.807, 2.05) is 0 Å². The Kier molecular flexibility index (Phi) is 4.87. The predicted octanol–water partition coefficient (Wildman–Crippen LogP) is 3.45. The molecular formula is C17H28N2. The highest BCUT2D eigenvalue weighted by Gasteiger charge is 2.24. The van der Waals surface area contributed by atoms with E-state index in [4.69, 9.17) is 5.73 Å². The van der Waals surface area contributed by atoms with Crippen molar-refractivity contribution in [2.75, 3.05) is 18.0 Å². The standard InChI is InChI=1S/C17H28N2/c1-4-16(18)11-15-7-5-6-8-17(15)19-10-9-13(2)14(3)12-19/h5-8,13-14,16H,4,9-12,18H2,1-3H3. The molecule has 2 N–H and O–H groups in total. The Morgan fingerprint density at radius 2 is 2.00 bits per heavy atom. The summed E-state index contributed by atoms with van der Waals surface area (Å²) in [5.74, 6) is 1.63. The van der Waals surface area contributed by atoms with Gasteiger partial charge < -0.3 is 10.6 Å². The summed E-state index contributed by atoms with van der Waals surface area (Å²) in [5, 5.41) is 0. The molecule has 0 aliphatic carbocycles. The molecule has 1 aliphatic rings. The molecule has 2 heteroatoms. The molecule has 3 atom stereocenters. The van der Waals surface area contributed by atoms with E-state index in [2.05, 4.69) is 49.9 Å². The molecule has 1 aromatic rings. The van der Waals surface area contributed by atoms with E-state index in [9.17, 15) is 0 Å². The highest BCUT2D eigenvalue weighted by molar-refractivity contribution is 5.54. The Labute approximate surface area is 118 Å². The van der Waals surface area contributed by atoms with Gasteiger partial charge in [-0.05, 0) is 42.7 Å². The van der Waals surface area contributed by atoms with Crippen LogP contribution in [-0.4, -0.2) is 19.1 Å². The summed E-state index contributed by atoms with van der Waals surface area (Å²) >= 11 is 0. The molecule has 1 heterocycles. The van der Waals surface area contributed by atoms with Crippen LogP contribution in [0.15, 0.2) is 24.3 Å². The van der Waals surface area contributed by atoms with Crippen LogP contribution in [0.5, 0.6) is 0 Å². The van der Waals surface area contributed by atoms with Gasteiger partial charge in [-0.1, -0.05) is 39.0 Å². The lowest BCUT2D eigenvalue weighted by atomic mass is 9.88.